The van der Waals surface area contributed by atoms with Gasteiger partial charge in [-0.1, -0.05) is 42.5 Å². The Kier molecular flexibility index (Phi) is 5.59. The number of nitrogens with zero attached hydrogens (tertiary/aromatic N) is 3. The minimum Gasteiger partial charge on any atom is -0.494 e. The molecule has 0 bridgehead atoms. The van der Waals surface area contributed by atoms with Crippen LogP contribution in [0.3, 0.4) is 0 Å². The molecule has 0 radical (unpaired) electrons. The molecule has 1 heterocycles. The summed E-state index contributed by atoms with van der Waals surface area (Å²) in [5, 5.41) is 3.86. The van der Waals surface area contributed by atoms with Crippen molar-refractivity contribution in [2.75, 3.05) is 26.1 Å². The van der Waals surface area contributed by atoms with Crippen molar-refractivity contribution in [1.82, 2.24) is 9.90 Å². The van der Waals surface area contributed by atoms with Crippen LogP contribution in [-0.4, -0.2) is 31.1 Å². The Morgan fingerprint density at radius 3 is 2.32 bits per heavy atom. The van der Waals surface area contributed by atoms with Crippen molar-refractivity contribution in [2.24, 2.45) is 0 Å². The van der Waals surface area contributed by atoms with E-state index in [0.717, 1.165) is 23.3 Å². The average Bonchev–Trinajstić information content (AvgIpc) is 2.77. The zero-order chi connectivity index (χ0) is 20.1. The predicted octanol–water partition coefficient (Wildman–Crippen LogP) is 2.64. The molecule has 0 atom stereocenters. The van der Waals surface area contributed by atoms with Gasteiger partial charge in [-0.2, -0.15) is 0 Å². The third kappa shape index (κ3) is 3.96. The van der Waals surface area contributed by atoms with Crippen LogP contribution in [0.5, 0.6) is 5.75 Å². The molecule has 0 aliphatic rings. The van der Waals surface area contributed by atoms with Crippen LogP contribution in [0.25, 0.3) is 16.8 Å². The van der Waals surface area contributed by atoms with Crippen molar-refractivity contribution in [3.63, 3.8) is 0 Å². The fourth-order valence-electron chi connectivity index (χ4n) is 2.61. The second kappa shape index (κ2) is 8.26. The minimum atomic E-state index is -0.790. The zero-order valence-corrected chi connectivity index (χ0v) is 15.7. The third-order valence-corrected chi connectivity index (χ3v) is 3.84. The molecule has 0 saturated heterocycles. The first-order chi connectivity index (χ1) is 13.5. The first-order valence-electron chi connectivity index (χ1n) is 8.40. The molecule has 144 valence electrons. The average molecular weight is 381 g/mol. The van der Waals surface area contributed by atoms with Gasteiger partial charge in [0.05, 0.1) is 7.11 Å². The van der Waals surface area contributed by atoms with Crippen LogP contribution >= 0.6 is 0 Å². The van der Waals surface area contributed by atoms with E-state index in [1.807, 2.05) is 42.5 Å². The minimum absolute atomic E-state index is 0.0760. The number of methoxy groups -OCH3 is 1. The van der Waals surface area contributed by atoms with Crippen LogP contribution in [0.4, 0.5) is 5.95 Å². The van der Waals surface area contributed by atoms with Crippen molar-refractivity contribution in [3.05, 3.63) is 81.5 Å². The predicted molar refractivity (Wildman–Crippen MR) is 105 cm³/mol. The molecule has 0 unspecified atom stereocenters. The summed E-state index contributed by atoms with van der Waals surface area (Å²) in [5.41, 5.74) is 0.484. The quantitative estimate of drug-likeness (QED) is 0.686. The largest absolute Gasteiger partial charge is 0.494 e. The molecule has 0 aliphatic carbocycles. The molecular weight excluding hydrogens is 362 g/mol. The molecule has 0 N–H and O–H groups in total. The van der Waals surface area contributed by atoms with Crippen molar-refractivity contribution in [2.45, 2.75) is 0 Å². The molecule has 1 aromatic heterocycles. The second-order valence-electron chi connectivity index (χ2n) is 5.96. The summed E-state index contributed by atoms with van der Waals surface area (Å²) in [4.78, 5) is 25.5. The van der Waals surface area contributed by atoms with E-state index in [-0.39, 0.29) is 5.95 Å². The maximum absolute atomic E-state index is 12.3. The number of para-hydroxylation sites is 1. The van der Waals surface area contributed by atoms with Crippen LogP contribution < -0.4 is 20.9 Å². The molecule has 8 heteroatoms. The standard InChI is InChI=1S/C20H19N3O5/c1-22(2)20-21-27-17(24)12-13-18(25)28-23(20)19-15(10-7-11-16(19)26-3)14-8-5-4-6-9-14/h4-13H,1-3H3. The Morgan fingerprint density at radius 2 is 1.64 bits per heavy atom. The summed E-state index contributed by atoms with van der Waals surface area (Å²) in [6.45, 7) is 0. The monoisotopic (exact) mass is 381 g/mol. The number of rotatable bonds is 4. The third-order valence-electron chi connectivity index (χ3n) is 3.84. The lowest BCUT2D eigenvalue weighted by atomic mass is 10.0. The van der Waals surface area contributed by atoms with Crippen molar-refractivity contribution in [1.29, 1.82) is 0 Å². The highest BCUT2D eigenvalue weighted by atomic mass is 16.5. The Hall–Kier alpha value is -3.81. The second-order valence-corrected chi connectivity index (χ2v) is 5.96. The first-order valence-corrected chi connectivity index (χ1v) is 8.40. The number of aromatic nitrogens is 2. The van der Waals surface area contributed by atoms with E-state index in [1.54, 1.807) is 25.1 Å². The van der Waals surface area contributed by atoms with Crippen LogP contribution in [0.15, 0.2) is 79.3 Å². The fraction of sp³-hybridized carbons (Fsp3) is 0.150. The molecule has 0 fully saturated rings. The number of ether oxygens (including phenoxy) is 1. The summed E-state index contributed by atoms with van der Waals surface area (Å²) < 4.78 is 17.1. The van der Waals surface area contributed by atoms with Crippen LogP contribution in [0, 0.1) is 0 Å². The van der Waals surface area contributed by atoms with E-state index in [4.69, 9.17) is 13.8 Å². The molecule has 0 amide bonds. The number of hydrogen-bond acceptors (Lipinski definition) is 7. The summed E-state index contributed by atoms with van der Waals surface area (Å²) in [6.07, 6.45) is 0. The lowest BCUT2D eigenvalue weighted by molar-refractivity contribution is 0.286. The fourth-order valence-corrected chi connectivity index (χ4v) is 2.61. The molecular formula is C20H19N3O5. The lowest BCUT2D eigenvalue weighted by Gasteiger charge is -2.18. The lowest BCUT2D eigenvalue weighted by Crippen LogP contribution is -2.18. The van der Waals surface area contributed by atoms with Gasteiger partial charge in [0.1, 0.15) is 11.4 Å². The van der Waals surface area contributed by atoms with Crippen molar-refractivity contribution in [3.8, 4) is 22.6 Å². The molecule has 0 spiro atoms. The van der Waals surface area contributed by atoms with Gasteiger partial charge in [0.2, 0.25) is 0 Å². The number of anilines is 1. The molecule has 3 rings (SSSR count). The van der Waals surface area contributed by atoms with Gasteiger partial charge >= 0.3 is 11.3 Å². The van der Waals surface area contributed by atoms with Crippen LogP contribution in [0.1, 0.15) is 0 Å². The Morgan fingerprint density at radius 1 is 0.929 bits per heavy atom. The van der Waals surface area contributed by atoms with Gasteiger partial charge in [-0.15, -0.1) is 4.74 Å². The SMILES string of the molecule is COc1cccc(-c2ccccc2)c1-n1oc(=O)ccc(=O)onc1N(C)C. The van der Waals surface area contributed by atoms with E-state index in [2.05, 4.69) is 5.16 Å². The van der Waals surface area contributed by atoms with Gasteiger partial charge in [-0.25, -0.2) is 9.59 Å². The van der Waals surface area contributed by atoms with Crippen molar-refractivity contribution >= 4 is 5.95 Å². The van der Waals surface area contributed by atoms with Gasteiger partial charge in [-0.05, 0) is 16.8 Å². The number of benzene rings is 2. The smallest absolute Gasteiger partial charge is 0.359 e. The highest BCUT2D eigenvalue weighted by molar-refractivity contribution is 5.77. The summed E-state index contributed by atoms with van der Waals surface area (Å²) in [7, 11) is 4.87. The van der Waals surface area contributed by atoms with Crippen LogP contribution in [0.2, 0.25) is 0 Å². The Balaban J connectivity index is 2.49. The molecule has 2 aromatic carbocycles. The van der Waals surface area contributed by atoms with E-state index in [0.29, 0.717) is 11.4 Å². The normalized spacial score (nSPS) is 10.2. The Labute approximate surface area is 160 Å². The highest BCUT2D eigenvalue weighted by Gasteiger charge is 2.18. The molecule has 0 saturated carbocycles. The van der Waals surface area contributed by atoms with Gasteiger partial charge in [0, 0.05) is 31.8 Å². The summed E-state index contributed by atoms with van der Waals surface area (Å²) >= 11 is 0. The first kappa shape index (κ1) is 19.0. The molecule has 3 aromatic rings. The summed E-state index contributed by atoms with van der Waals surface area (Å²) in [6, 6.07) is 16.9. The molecule has 0 aliphatic heterocycles. The van der Waals surface area contributed by atoms with E-state index in [9.17, 15) is 9.59 Å². The van der Waals surface area contributed by atoms with E-state index >= 15 is 0 Å². The maximum atomic E-state index is 12.3. The Bertz CT molecular complexity index is 1130. The zero-order valence-electron chi connectivity index (χ0n) is 15.7. The molecule has 8 nitrogen and oxygen atoms in total. The number of hydrogen-bond donors (Lipinski definition) is 0. The van der Waals surface area contributed by atoms with E-state index in [1.165, 1.54) is 11.8 Å². The topological polar surface area (TPSA) is 90.7 Å². The van der Waals surface area contributed by atoms with Crippen LogP contribution in [-0.2, 0) is 0 Å². The van der Waals surface area contributed by atoms with Gasteiger partial charge < -0.3 is 18.7 Å². The van der Waals surface area contributed by atoms with Crippen molar-refractivity contribution < 1.29 is 13.8 Å². The highest BCUT2D eigenvalue weighted by Crippen LogP contribution is 2.35. The van der Waals surface area contributed by atoms with Gasteiger partial charge in [0.15, 0.2) is 0 Å². The van der Waals surface area contributed by atoms with Gasteiger partial charge in [-0.3, -0.25) is 0 Å². The summed E-state index contributed by atoms with van der Waals surface area (Å²) in [5.74, 6) is 0.519. The van der Waals surface area contributed by atoms with Gasteiger partial charge in [0.25, 0.3) is 5.95 Å². The molecule has 28 heavy (non-hydrogen) atoms. The van der Waals surface area contributed by atoms with E-state index < -0.39 is 11.3 Å². The maximum Gasteiger partial charge on any atom is 0.359 e.